The highest BCUT2D eigenvalue weighted by Gasteiger charge is 2.34. The summed E-state index contributed by atoms with van der Waals surface area (Å²) < 4.78 is 64.3. The van der Waals surface area contributed by atoms with Crippen molar-refractivity contribution in [2.75, 3.05) is 26.2 Å². The molecule has 0 aromatic heterocycles. The number of alkyl halides is 3. The van der Waals surface area contributed by atoms with E-state index in [2.05, 4.69) is 4.72 Å². The van der Waals surface area contributed by atoms with Crippen LogP contribution in [0.2, 0.25) is 0 Å². The molecular weight excluding hydrogens is 361 g/mol. The van der Waals surface area contributed by atoms with Gasteiger partial charge in [0.15, 0.2) is 0 Å². The lowest BCUT2D eigenvalue weighted by Gasteiger charge is -2.18. The fraction of sp³-hybridized carbons (Fsp3) is 0.533. The highest BCUT2D eigenvalue weighted by atomic mass is 32.2. The maximum absolute atomic E-state index is 12.4. The molecule has 6 nitrogen and oxygen atoms in total. The molecule has 1 atom stereocenters. The van der Waals surface area contributed by atoms with Gasteiger partial charge < -0.3 is 5.11 Å². The van der Waals surface area contributed by atoms with Crippen molar-refractivity contribution in [3.8, 4) is 0 Å². The summed E-state index contributed by atoms with van der Waals surface area (Å²) in [5.74, 6) is -1.45. The van der Waals surface area contributed by atoms with Gasteiger partial charge in [-0.1, -0.05) is 6.07 Å². The highest BCUT2D eigenvalue weighted by molar-refractivity contribution is 7.89. The van der Waals surface area contributed by atoms with E-state index in [0.717, 1.165) is 0 Å². The van der Waals surface area contributed by atoms with Crippen molar-refractivity contribution in [3.05, 3.63) is 29.3 Å². The quantitative estimate of drug-likeness (QED) is 0.787. The molecule has 140 valence electrons. The minimum atomic E-state index is -4.28. The molecule has 0 amide bonds. The predicted molar refractivity (Wildman–Crippen MR) is 83.9 cm³/mol. The molecule has 0 bridgehead atoms. The Balaban J connectivity index is 2.02. The van der Waals surface area contributed by atoms with Gasteiger partial charge in [0.05, 0.1) is 17.0 Å². The zero-order valence-corrected chi connectivity index (χ0v) is 14.3. The van der Waals surface area contributed by atoms with Crippen molar-refractivity contribution in [2.45, 2.75) is 24.4 Å². The lowest BCUT2D eigenvalue weighted by molar-refractivity contribution is -0.143. The Morgan fingerprint density at radius 2 is 2.08 bits per heavy atom. The number of benzene rings is 1. The normalized spacial score (nSPS) is 19.3. The third kappa shape index (κ3) is 5.16. The largest absolute Gasteiger partial charge is 0.478 e. The zero-order valence-electron chi connectivity index (χ0n) is 13.5. The Morgan fingerprint density at radius 1 is 1.40 bits per heavy atom. The van der Waals surface area contributed by atoms with E-state index >= 15 is 0 Å². The standard InChI is InChI=1S/C15H19F3N2O4S/c1-10-12(14(21)22)3-2-4-13(10)25(23,24)19-7-11-5-6-20(8-11)9-15(16,17)18/h2-4,11,19H,5-9H2,1H3,(H,21,22)/t11-/m0/s1. The van der Waals surface area contributed by atoms with Crippen LogP contribution in [0.1, 0.15) is 22.3 Å². The van der Waals surface area contributed by atoms with Crippen LogP contribution in [0.25, 0.3) is 0 Å². The first-order valence-electron chi connectivity index (χ1n) is 7.61. The van der Waals surface area contributed by atoms with Crippen molar-refractivity contribution in [1.29, 1.82) is 0 Å². The fourth-order valence-corrected chi connectivity index (χ4v) is 4.30. The highest BCUT2D eigenvalue weighted by Crippen LogP contribution is 2.23. The summed E-state index contributed by atoms with van der Waals surface area (Å²) in [6.07, 6.45) is -3.81. The van der Waals surface area contributed by atoms with Crippen LogP contribution in [-0.2, 0) is 10.0 Å². The van der Waals surface area contributed by atoms with Crippen LogP contribution < -0.4 is 4.72 Å². The number of carboxylic acids is 1. The number of carbonyl (C=O) groups is 1. The Labute approximate surface area is 143 Å². The van der Waals surface area contributed by atoms with Gasteiger partial charge in [-0.2, -0.15) is 13.2 Å². The first-order valence-corrected chi connectivity index (χ1v) is 9.09. The van der Waals surface area contributed by atoms with E-state index in [1.807, 2.05) is 0 Å². The van der Waals surface area contributed by atoms with Crippen LogP contribution in [-0.4, -0.2) is 56.7 Å². The molecule has 1 aliphatic rings. The number of hydrogen-bond acceptors (Lipinski definition) is 4. The molecule has 1 aromatic rings. The molecule has 2 rings (SSSR count). The van der Waals surface area contributed by atoms with Crippen LogP contribution >= 0.6 is 0 Å². The predicted octanol–water partition coefficient (Wildman–Crippen LogP) is 1.86. The number of rotatable bonds is 6. The number of halogens is 3. The molecule has 2 N–H and O–H groups in total. The summed E-state index contributed by atoms with van der Waals surface area (Å²) in [5, 5.41) is 9.07. The SMILES string of the molecule is Cc1c(C(=O)O)cccc1S(=O)(=O)NC[C@@H]1CCN(CC(F)(F)F)C1. The van der Waals surface area contributed by atoms with Gasteiger partial charge >= 0.3 is 12.1 Å². The molecule has 1 saturated heterocycles. The van der Waals surface area contributed by atoms with Crippen molar-refractivity contribution in [1.82, 2.24) is 9.62 Å². The van der Waals surface area contributed by atoms with E-state index in [9.17, 15) is 26.4 Å². The molecule has 1 heterocycles. The van der Waals surface area contributed by atoms with Crippen molar-refractivity contribution < 1.29 is 31.5 Å². The second kappa shape index (κ2) is 7.30. The first kappa shape index (κ1) is 19.7. The van der Waals surface area contributed by atoms with Gasteiger partial charge in [-0.3, -0.25) is 4.90 Å². The van der Waals surface area contributed by atoms with Crippen LogP contribution in [0.4, 0.5) is 13.2 Å². The van der Waals surface area contributed by atoms with E-state index in [1.165, 1.54) is 30.0 Å². The third-order valence-electron chi connectivity index (χ3n) is 4.14. The average Bonchev–Trinajstić information content (AvgIpc) is 2.90. The topological polar surface area (TPSA) is 86.7 Å². The van der Waals surface area contributed by atoms with Gasteiger partial charge in [0, 0.05) is 13.1 Å². The summed E-state index contributed by atoms with van der Waals surface area (Å²) in [6.45, 7) is 0.831. The van der Waals surface area contributed by atoms with Gasteiger partial charge in [-0.05, 0) is 43.5 Å². The smallest absolute Gasteiger partial charge is 0.401 e. The number of nitrogens with one attached hydrogen (secondary N) is 1. The van der Waals surface area contributed by atoms with Crippen LogP contribution in [0.15, 0.2) is 23.1 Å². The number of likely N-dealkylation sites (tertiary alicyclic amines) is 1. The minimum absolute atomic E-state index is 0.00737. The summed E-state index contributed by atoms with van der Waals surface area (Å²) in [5.41, 5.74) is 0.00714. The van der Waals surface area contributed by atoms with E-state index in [-0.39, 0.29) is 41.6 Å². The molecule has 25 heavy (non-hydrogen) atoms. The maximum Gasteiger partial charge on any atom is 0.401 e. The van der Waals surface area contributed by atoms with Gasteiger partial charge in [0.25, 0.3) is 0 Å². The van der Waals surface area contributed by atoms with Crippen LogP contribution in [0, 0.1) is 12.8 Å². The maximum atomic E-state index is 12.4. The fourth-order valence-electron chi connectivity index (χ4n) is 2.92. The lowest BCUT2D eigenvalue weighted by atomic mass is 10.1. The molecule has 10 heteroatoms. The number of aromatic carboxylic acids is 1. The minimum Gasteiger partial charge on any atom is -0.478 e. The second-order valence-corrected chi connectivity index (χ2v) is 7.83. The summed E-state index contributed by atoms with van der Waals surface area (Å²) >= 11 is 0. The van der Waals surface area contributed by atoms with Crippen molar-refractivity contribution >= 4 is 16.0 Å². The Bertz CT molecular complexity index is 750. The van der Waals surface area contributed by atoms with Crippen molar-refractivity contribution in [3.63, 3.8) is 0 Å². The molecule has 1 fully saturated rings. The van der Waals surface area contributed by atoms with Gasteiger partial charge in [0.2, 0.25) is 10.0 Å². The Morgan fingerprint density at radius 3 is 2.68 bits per heavy atom. The molecular formula is C15H19F3N2O4S. The average molecular weight is 380 g/mol. The molecule has 1 aliphatic heterocycles. The van der Waals surface area contributed by atoms with Gasteiger partial charge in [-0.15, -0.1) is 0 Å². The van der Waals surface area contributed by atoms with E-state index in [1.54, 1.807) is 0 Å². The van der Waals surface area contributed by atoms with Gasteiger partial charge in [0.1, 0.15) is 0 Å². The summed E-state index contributed by atoms with van der Waals surface area (Å²) in [4.78, 5) is 12.2. The second-order valence-electron chi connectivity index (χ2n) is 6.09. The number of nitrogens with zero attached hydrogens (tertiary/aromatic N) is 1. The number of hydrogen-bond donors (Lipinski definition) is 2. The van der Waals surface area contributed by atoms with E-state index in [0.29, 0.717) is 6.42 Å². The van der Waals surface area contributed by atoms with Crippen molar-refractivity contribution in [2.24, 2.45) is 5.92 Å². The molecule has 1 aromatic carbocycles. The first-order chi connectivity index (χ1) is 11.5. The summed E-state index contributed by atoms with van der Waals surface area (Å²) in [6, 6.07) is 3.95. The molecule has 0 saturated carbocycles. The number of carboxylic acid groups (broad SMARTS) is 1. The van der Waals surface area contributed by atoms with Gasteiger partial charge in [-0.25, -0.2) is 17.9 Å². The monoisotopic (exact) mass is 380 g/mol. The molecule has 0 spiro atoms. The van der Waals surface area contributed by atoms with E-state index in [4.69, 9.17) is 5.11 Å². The Hall–Kier alpha value is -1.65. The Kier molecular flexibility index (Phi) is 5.75. The molecule has 0 unspecified atom stereocenters. The van der Waals surface area contributed by atoms with Crippen LogP contribution in [0.3, 0.4) is 0 Å². The lowest BCUT2D eigenvalue weighted by Crippen LogP contribution is -2.35. The number of sulfonamides is 1. The zero-order chi connectivity index (χ0) is 18.8. The van der Waals surface area contributed by atoms with Crippen LogP contribution in [0.5, 0.6) is 0 Å². The molecule has 0 radical (unpaired) electrons. The summed E-state index contributed by atoms with van der Waals surface area (Å²) in [7, 11) is -3.94. The third-order valence-corrected chi connectivity index (χ3v) is 5.71. The molecule has 0 aliphatic carbocycles. The van der Waals surface area contributed by atoms with E-state index < -0.39 is 28.7 Å².